The van der Waals surface area contributed by atoms with Crippen LogP contribution >= 0.6 is 0 Å². The summed E-state index contributed by atoms with van der Waals surface area (Å²) in [5.74, 6) is 6.37. The van der Waals surface area contributed by atoms with Crippen LogP contribution in [0.2, 0.25) is 0 Å². The lowest BCUT2D eigenvalue weighted by molar-refractivity contribution is 0.614. The third kappa shape index (κ3) is 6.68. The second kappa shape index (κ2) is 8.70. The molecule has 2 N–H and O–H groups in total. The molecule has 1 rings (SSSR count). The van der Waals surface area contributed by atoms with E-state index in [1.807, 2.05) is 24.3 Å². The fourth-order valence-corrected chi connectivity index (χ4v) is 1.77. The average Bonchev–Trinajstić information content (AvgIpc) is 2.33. The molecule has 0 fully saturated rings. The third-order valence-electron chi connectivity index (χ3n) is 2.77. The van der Waals surface area contributed by atoms with E-state index in [0.29, 0.717) is 0 Å². The van der Waals surface area contributed by atoms with E-state index in [4.69, 9.17) is 5.73 Å². The molecule has 0 spiro atoms. The van der Waals surface area contributed by atoms with Crippen molar-refractivity contribution >= 4 is 5.69 Å². The molecule has 1 aromatic carbocycles. The first-order chi connectivity index (χ1) is 8.33. The summed E-state index contributed by atoms with van der Waals surface area (Å²) in [6.45, 7) is 2.25. The molecule has 0 aromatic heterocycles. The van der Waals surface area contributed by atoms with Gasteiger partial charge in [-0.1, -0.05) is 56.9 Å². The van der Waals surface area contributed by atoms with Crippen LogP contribution in [0.5, 0.6) is 0 Å². The maximum atomic E-state index is 5.69. The van der Waals surface area contributed by atoms with Crippen molar-refractivity contribution in [2.45, 2.75) is 51.9 Å². The molecule has 0 aliphatic carbocycles. The predicted octanol–water partition coefficient (Wildman–Crippen LogP) is 4.37. The van der Waals surface area contributed by atoms with Crippen LogP contribution in [0.25, 0.3) is 0 Å². The molecule has 0 amide bonds. The van der Waals surface area contributed by atoms with Gasteiger partial charge in [0.2, 0.25) is 0 Å². The molecule has 0 radical (unpaired) electrons. The number of hydrogen-bond acceptors (Lipinski definition) is 1. The highest BCUT2D eigenvalue weighted by atomic mass is 14.5. The van der Waals surface area contributed by atoms with Crippen LogP contribution in [0, 0.1) is 11.8 Å². The molecule has 1 aromatic rings. The highest BCUT2D eigenvalue weighted by Crippen LogP contribution is 2.07. The first-order valence-corrected chi connectivity index (χ1v) is 6.67. The van der Waals surface area contributed by atoms with Gasteiger partial charge in [0.25, 0.3) is 0 Å². The van der Waals surface area contributed by atoms with E-state index in [0.717, 1.165) is 17.7 Å². The Morgan fingerprint density at radius 2 is 1.82 bits per heavy atom. The third-order valence-corrected chi connectivity index (χ3v) is 2.77. The van der Waals surface area contributed by atoms with Crippen LogP contribution in [0.15, 0.2) is 24.3 Å². The summed E-state index contributed by atoms with van der Waals surface area (Å²) in [7, 11) is 0. The topological polar surface area (TPSA) is 26.0 Å². The predicted molar refractivity (Wildman–Crippen MR) is 75.7 cm³/mol. The Morgan fingerprint density at radius 1 is 1.06 bits per heavy atom. The van der Waals surface area contributed by atoms with Crippen molar-refractivity contribution in [1.82, 2.24) is 0 Å². The van der Waals surface area contributed by atoms with Crippen molar-refractivity contribution in [2.75, 3.05) is 5.73 Å². The molecule has 0 atom stereocenters. The second-order valence-corrected chi connectivity index (χ2v) is 4.45. The van der Waals surface area contributed by atoms with Gasteiger partial charge in [-0.25, -0.2) is 0 Å². The van der Waals surface area contributed by atoms with Gasteiger partial charge in [-0.2, -0.15) is 0 Å². The number of rotatable bonds is 6. The van der Waals surface area contributed by atoms with Crippen molar-refractivity contribution in [1.29, 1.82) is 0 Å². The van der Waals surface area contributed by atoms with Crippen LogP contribution in [-0.4, -0.2) is 0 Å². The summed E-state index contributed by atoms with van der Waals surface area (Å²) in [5, 5.41) is 0. The first-order valence-electron chi connectivity index (χ1n) is 6.67. The molecule has 0 heterocycles. The molecule has 0 bridgehead atoms. The monoisotopic (exact) mass is 229 g/mol. The largest absolute Gasteiger partial charge is 0.399 e. The quantitative estimate of drug-likeness (QED) is 0.437. The average molecular weight is 229 g/mol. The SMILES string of the molecule is CCCCCCCCC#Cc1cccc(N)c1. The van der Waals surface area contributed by atoms with Gasteiger partial charge in [0, 0.05) is 17.7 Å². The normalized spacial score (nSPS) is 9.71. The Morgan fingerprint density at radius 3 is 2.59 bits per heavy atom. The standard InChI is InChI=1S/C16H23N/c1-2-3-4-5-6-7-8-9-11-15-12-10-13-16(17)14-15/h10,12-14H,2-8,17H2,1H3. The molecule has 0 aliphatic heterocycles. The van der Waals surface area contributed by atoms with E-state index in [9.17, 15) is 0 Å². The van der Waals surface area contributed by atoms with E-state index in [-0.39, 0.29) is 0 Å². The van der Waals surface area contributed by atoms with Gasteiger partial charge in [-0.15, -0.1) is 0 Å². The lowest BCUT2D eigenvalue weighted by Gasteiger charge is -1.96. The van der Waals surface area contributed by atoms with Gasteiger partial charge in [0.05, 0.1) is 0 Å². The van der Waals surface area contributed by atoms with Crippen molar-refractivity contribution in [3.63, 3.8) is 0 Å². The molecule has 0 aliphatic rings. The van der Waals surface area contributed by atoms with E-state index >= 15 is 0 Å². The Kier molecular flexibility index (Phi) is 6.98. The molecule has 0 saturated heterocycles. The minimum absolute atomic E-state index is 0.788. The number of hydrogen-bond donors (Lipinski definition) is 1. The fourth-order valence-electron chi connectivity index (χ4n) is 1.77. The van der Waals surface area contributed by atoms with Gasteiger partial charge < -0.3 is 5.73 Å². The number of unbranched alkanes of at least 4 members (excludes halogenated alkanes) is 6. The van der Waals surface area contributed by atoms with E-state index in [1.54, 1.807) is 0 Å². The summed E-state index contributed by atoms with van der Waals surface area (Å²) in [6, 6.07) is 7.77. The van der Waals surface area contributed by atoms with Gasteiger partial charge in [0.1, 0.15) is 0 Å². The van der Waals surface area contributed by atoms with Crippen molar-refractivity contribution < 1.29 is 0 Å². The van der Waals surface area contributed by atoms with Crippen LogP contribution in [0.3, 0.4) is 0 Å². The number of anilines is 1. The minimum atomic E-state index is 0.788. The Labute approximate surface area is 105 Å². The molecule has 0 saturated carbocycles. The minimum Gasteiger partial charge on any atom is -0.399 e. The zero-order valence-corrected chi connectivity index (χ0v) is 10.8. The summed E-state index contributed by atoms with van der Waals surface area (Å²) < 4.78 is 0. The second-order valence-electron chi connectivity index (χ2n) is 4.45. The number of nitrogen functional groups attached to an aromatic ring is 1. The highest BCUT2D eigenvalue weighted by molar-refractivity contribution is 5.46. The van der Waals surface area contributed by atoms with Crippen LogP contribution < -0.4 is 5.73 Å². The highest BCUT2D eigenvalue weighted by Gasteiger charge is 1.89. The number of nitrogens with two attached hydrogens (primary N) is 1. The Balaban J connectivity index is 2.14. The van der Waals surface area contributed by atoms with Crippen molar-refractivity contribution in [2.24, 2.45) is 0 Å². The van der Waals surface area contributed by atoms with Crippen molar-refractivity contribution in [3.8, 4) is 11.8 Å². The molecule has 92 valence electrons. The smallest absolute Gasteiger partial charge is 0.0326 e. The molecule has 1 nitrogen and oxygen atoms in total. The summed E-state index contributed by atoms with van der Waals surface area (Å²) in [4.78, 5) is 0. The zero-order valence-electron chi connectivity index (χ0n) is 10.8. The first kappa shape index (κ1) is 13.6. The molecular weight excluding hydrogens is 206 g/mol. The van der Waals surface area contributed by atoms with Crippen molar-refractivity contribution in [3.05, 3.63) is 29.8 Å². The maximum absolute atomic E-state index is 5.69. The fraction of sp³-hybridized carbons (Fsp3) is 0.500. The van der Waals surface area contributed by atoms with Crippen LogP contribution in [-0.2, 0) is 0 Å². The number of benzene rings is 1. The zero-order chi connectivity index (χ0) is 12.3. The summed E-state index contributed by atoms with van der Waals surface area (Å²) in [6.07, 6.45) is 8.95. The van der Waals surface area contributed by atoms with E-state index in [2.05, 4.69) is 18.8 Å². The van der Waals surface area contributed by atoms with Crippen LogP contribution in [0.1, 0.15) is 57.4 Å². The van der Waals surface area contributed by atoms with Gasteiger partial charge in [-0.3, -0.25) is 0 Å². The lowest BCUT2D eigenvalue weighted by Crippen LogP contribution is -1.84. The molecule has 1 heteroatoms. The molecule has 0 unspecified atom stereocenters. The van der Waals surface area contributed by atoms with Gasteiger partial charge >= 0.3 is 0 Å². The van der Waals surface area contributed by atoms with Gasteiger partial charge in [0.15, 0.2) is 0 Å². The van der Waals surface area contributed by atoms with E-state index in [1.165, 1.54) is 38.5 Å². The molecule has 17 heavy (non-hydrogen) atoms. The van der Waals surface area contributed by atoms with Gasteiger partial charge in [-0.05, 0) is 24.6 Å². The van der Waals surface area contributed by atoms with Crippen LogP contribution in [0.4, 0.5) is 5.69 Å². The summed E-state index contributed by atoms with van der Waals surface area (Å²) in [5.41, 5.74) is 7.50. The Bertz CT molecular complexity index is 371. The summed E-state index contributed by atoms with van der Waals surface area (Å²) >= 11 is 0. The lowest BCUT2D eigenvalue weighted by atomic mass is 10.1. The Hall–Kier alpha value is -1.42. The van der Waals surface area contributed by atoms with E-state index < -0.39 is 0 Å². The molecular formula is C16H23N. The maximum Gasteiger partial charge on any atom is 0.0326 e.